The number of amides is 2. The Labute approximate surface area is 122 Å². The number of carbonyl (C=O) groups is 2. The molecule has 2 atom stereocenters. The van der Waals surface area contributed by atoms with E-state index < -0.39 is 0 Å². The molecule has 2 unspecified atom stereocenters. The van der Waals surface area contributed by atoms with Crippen LogP contribution in [0, 0.1) is 5.92 Å². The summed E-state index contributed by atoms with van der Waals surface area (Å²) in [7, 11) is 0. The van der Waals surface area contributed by atoms with Gasteiger partial charge in [0, 0.05) is 19.0 Å². The minimum atomic E-state index is -0.305. The summed E-state index contributed by atoms with van der Waals surface area (Å²) in [4.78, 5) is 26.4. The van der Waals surface area contributed by atoms with Gasteiger partial charge in [-0.3, -0.25) is 9.59 Å². The van der Waals surface area contributed by atoms with Crippen molar-refractivity contribution in [2.24, 2.45) is 5.92 Å². The van der Waals surface area contributed by atoms with Crippen molar-refractivity contribution in [3.05, 3.63) is 0 Å². The molecule has 114 valence electrons. The van der Waals surface area contributed by atoms with Gasteiger partial charge in [0.25, 0.3) is 0 Å². The zero-order chi connectivity index (χ0) is 14.5. The van der Waals surface area contributed by atoms with Crippen LogP contribution in [0.3, 0.4) is 0 Å². The van der Waals surface area contributed by atoms with Gasteiger partial charge in [0.2, 0.25) is 11.8 Å². The lowest BCUT2D eigenvalue weighted by molar-refractivity contribution is -0.136. The maximum absolute atomic E-state index is 12.7. The van der Waals surface area contributed by atoms with Crippen LogP contribution < -0.4 is 5.32 Å². The van der Waals surface area contributed by atoms with E-state index in [1.165, 1.54) is 32.1 Å². The molecular formula is C16H28N2O2. The van der Waals surface area contributed by atoms with Crippen LogP contribution in [-0.2, 0) is 9.59 Å². The third-order valence-electron chi connectivity index (χ3n) is 4.90. The van der Waals surface area contributed by atoms with Crippen LogP contribution in [0.1, 0.15) is 65.2 Å². The van der Waals surface area contributed by atoms with E-state index in [2.05, 4.69) is 19.2 Å². The summed E-state index contributed by atoms with van der Waals surface area (Å²) < 4.78 is 0. The Kier molecular flexibility index (Phi) is 5.44. The fourth-order valence-corrected chi connectivity index (χ4v) is 3.62. The van der Waals surface area contributed by atoms with Gasteiger partial charge in [-0.15, -0.1) is 0 Å². The highest BCUT2D eigenvalue weighted by molar-refractivity contribution is 5.90. The van der Waals surface area contributed by atoms with E-state index >= 15 is 0 Å². The monoisotopic (exact) mass is 280 g/mol. The predicted molar refractivity (Wildman–Crippen MR) is 79.2 cm³/mol. The minimum Gasteiger partial charge on any atom is -0.344 e. The number of nitrogens with zero attached hydrogens (tertiary/aromatic N) is 1. The lowest BCUT2D eigenvalue weighted by Gasteiger charge is -2.37. The maximum atomic E-state index is 12.7. The van der Waals surface area contributed by atoms with Crippen LogP contribution in [0.25, 0.3) is 0 Å². The van der Waals surface area contributed by atoms with Gasteiger partial charge in [-0.1, -0.05) is 32.6 Å². The fourth-order valence-electron chi connectivity index (χ4n) is 3.62. The summed E-state index contributed by atoms with van der Waals surface area (Å²) in [5.41, 5.74) is 0. The summed E-state index contributed by atoms with van der Waals surface area (Å²) in [6, 6.07) is -0.0316. The molecule has 2 amide bonds. The zero-order valence-corrected chi connectivity index (χ0v) is 12.9. The largest absolute Gasteiger partial charge is 0.344 e. The van der Waals surface area contributed by atoms with Gasteiger partial charge >= 0.3 is 0 Å². The average molecular weight is 280 g/mol. The van der Waals surface area contributed by atoms with Gasteiger partial charge in [-0.2, -0.15) is 0 Å². The summed E-state index contributed by atoms with van der Waals surface area (Å²) in [5, 5.41) is 2.89. The number of hydrogen-bond acceptors (Lipinski definition) is 2. The third-order valence-corrected chi connectivity index (χ3v) is 4.90. The number of nitrogens with one attached hydrogen (secondary N) is 1. The molecule has 0 aromatic rings. The molecule has 20 heavy (non-hydrogen) atoms. The second kappa shape index (κ2) is 7.09. The van der Waals surface area contributed by atoms with Crippen molar-refractivity contribution in [2.45, 2.75) is 77.3 Å². The Morgan fingerprint density at radius 3 is 2.60 bits per heavy atom. The number of rotatable bonds is 4. The molecule has 4 nitrogen and oxygen atoms in total. The molecule has 1 saturated heterocycles. The number of hydrogen-bond donors (Lipinski definition) is 1. The summed E-state index contributed by atoms with van der Waals surface area (Å²) in [6.07, 6.45) is 8.47. The first-order chi connectivity index (χ1) is 9.63. The van der Waals surface area contributed by atoms with Crippen LogP contribution in [0.5, 0.6) is 0 Å². The van der Waals surface area contributed by atoms with E-state index in [9.17, 15) is 9.59 Å². The Morgan fingerprint density at radius 1 is 1.25 bits per heavy atom. The second-order valence-corrected chi connectivity index (χ2v) is 6.33. The summed E-state index contributed by atoms with van der Waals surface area (Å²) in [6.45, 7) is 4.81. The van der Waals surface area contributed by atoms with Crippen LogP contribution in [0.15, 0.2) is 0 Å². The van der Waals surface area contributed by atoms with E-state index in [-0.39, 0.29) is 23.9 Å². The van der Waals surface area contributed by atoms with Crippen LogP contribution in [0.4, 0.5) is 0 Å². The van der Waals surface area contributed by atoms with Crippen molar-refractivity contribution in [3.63, 3.8) is 0 Å². The van der Waals surface area contributed by atoms with Gasteiger partial charge in [-0.05, 0) is 32.1 Å². The van der Waals surface area contributed by atoms with E-state index in [1.54, 1.807) is 0 Å². The highest BCUT2D eigenvalue weighted by atomic mass is 16.2. The molecule has 1 aliphatic heterocycles. The topological polar surface area (TPSA) is 49.4 Å². The molecule has 0 aromatic carbocycles. The van der Waals surface area contributed by atoms with E-state index in [0.717, 1.165) is 12.8 Å². The van der Waals surface area contributed by atoms with Crippen molar-refractivity contribution < 1.29 is 9.59 Å². The molecule has 0 bridgehead atoms. The molecule has 4 heteroatoms. The molecule has 1 heterocycles. The third kappa shape index (κ3) is 3.53. The van der Waals surface area contributed by atoms with Crippen LogP contribution in [-0.4, -0.2) is 35.3 Å². The Balaban J connectivity index is 2.07. The van der Waals surface area contributed by atoms with Crippen molar-refractivity contribution in [1.29, 1.82) is 0 Å². The lowest BCUT2D eigenvalue weighted by Crippen LogP contribution is -2.49. The Morgan fingerprint density at radius 2 is 1.95 bits per heavy atom. The van der Waals surface area contributed by atoms with Gasteiger partial charge in [-0.25, -0.2) is 0 Å². The highest BCUT2D eigenvalue weighted by Crippen LogP contribution is 2.29. The molecule has 0 spiro atoms. The highest BCUT2D eigenvalue weighted by Gasteiger charge is 2.34. The Bertz CT molecular complexity index is 350. The molecule has 1 aliphatic carbocycles. The SMILES string of the molecule is CCCC1NC(=O)CCN(C(C)C2CCCCC2)C1=O. The van der Waals surface area contributed by atoms with Crippen molar-refractivity contribution in [2.75, 3.05) is 6.54 Å². The standard InChI is InChI=1S/C16H28N2O2/c1-3-7-14-16(20)18(11-10-15(19)17-14)12(2)13-8-5-4-6-9-13/h12-14H,3-11H2,1-2H3,(H,17,19). The number of carbonyl (C=O) groups excluding carboxylic acids is 2. The van der Waals surface area contributed by atoms with E-state index in [0.29, 0.717) is 18.9 Å². The summed E-state index contributed by atoms with van der Waals surface area (Å²) >= 11 is 0. The molecule has 2 rings (SSSR count). The second-order valence-electron chi connectivity index (χ2n) is 6.33. The molecular weight excluding hydrogens is 252 g/mol. The van der Waals surface area contributed by atoms with Crippen molar-refractivity contribution >= 4 is 11.8 Å². The maximum Gasteiger partial charge on any atom is 0.245 e. The first-order valence-electron chi connectivity index (χ1n) is 8.23. The molecule has 1 N–H and O–H groups in total. The van der Waals surface area contributed by atoms with Gasteiger partial charge in [0.1, 0.15) is 6.04 Å². The minimum absolute atomic E-state index is 0.0233. The van der Waals surface area contributed by atoms with Crippen LogP contribution in [0.2, 0.25) is 0 Å². The van der Waals surface area contributed by atoms with Gasteiger partial charge in [0.15, 0.2) is 0 Å². The predicted octanol–water partition coefficient (Wildman–Crippen LogP) is 2.47. The average Bonchev–Trinajstić information content (AvgIpc) is 2.60. The fraction of sp³-hybridized carbons (Fsp3) is 0.875. The lowest BCUT2D eigenvalue weighted by atomic mass is 9.83. The van der Waals surface area contributed by atoms with Crippen LogP contribution >= 0.6 is 0 Å². The van der Waals surface area contributed by atoms with E-state index in [4.69, 9.17) is 0 Å². The first kappa shape index (κ1) is 15.3. The zero-order valence-electron chi connectivity index (χ0n) is 12.9. The van der Waals surface area contributed by atoms with E-state index in [1.807, 2.05) is 4.90 Å². The molecule has 0 aromatic heterocycles. The molecule has 2 fully saturated rings. The first-order valence-corrected chi connectivity index (χ1v) is 8.23. The van der Waals surface area contributed by atoms with Crippen molar-refractivity contribution in [3.8, 4) is 0 Å². The van der Waals surface area contributed by atoms with Gasteiger partial charge in [0.05, 0.1) is 0 Å². The quantitative estimate of drug-likeness (QED) is 0.860. The summed E-state index contributed by atoms with van der Waals surface area (Å²) in [5.74, 6) is 0.772. The van der Waals surface area contributed by atoms with Gasteiger partial charge < -0.3 is 10.2 Å². The smallest absolute Gasteiger partial charge is 0.245 e. The molecule has 2 aliphatic rings. The Hall–Kier alpha value is -1.06. The molecule has 1 saturated carbocycles. The normalized spacial score (nSPS) is 27.1. The van der Waals surface area contributed by atoms with Crippen molar-refractivity contribution in [1.82, 2.24) is 10.2 Å². The molecule has 0 radical (unpaired) electrons.